The number of carbonyl (C=O) groups excluding carboxylic acids is 2. The smallest absolute Gasteiger partial charge is 0.333 e. The molecule has 0 rings (SSSR count). The first-order chi connectivity index (χ1) is 13.2. The molecule has 0 radical (unpaired) electrons. The van der Waals surface area contributed by atoms with Crippen LogP contribution in [0.3, 0.4) is 0 Å². The molecule has 29 heavy (non-hydrogen) atoms. The van der Waals surface area contributed by atoms with Gasteiger partial charge >= 0.3 is 19.5 Å². The second-order valence-corrected chi connectivity index (χ2v) is 13.1. The molecule has 0 atom stereocenters. The van der Waals surface area contributed by atoms with Gasteiger partial charge in [0.05, 0.1) is 31.9 Å². The van der Waals surface area contributed by atoms with Crippen LogP contribution in [0.25, 0.3) is 0 Å². The van der Waals surface area contributed by atoms with E-state index in [1.165, 1.54) is 13.8 Å². The summed E-state index contributed by atoms with van der Waals surface area (Å²) < 4.78 is 47.3. The first-order valence-corrected chi connectivity index (χ1v) is 13.8. The molecule has 0 N–H and O–H groups in total. The lowest BCUT2D eigenvalue weighted by Gasteiger charge is -2.36. The Kier molecular flexibility index (Phi) is 11.4. The number of esters is 2. The van der Waals surface area contributed by atoms with Crippen LogP contribution in [0, 0.1) is 5.41 Å². The number of hydrogen-bond acceptors (Lipinski definition) is 8. The second-order valence-electron chi connectivity index (χ2n) is 7.55. The van der Waals surface area contributed by atoms with Crippen molar-refractivity contribution in [2.75, 3.05) is 52.1 Å². The van der Waals surface area contributed by atoms with Crippen molar-refractivity contribution in [1.29, 1.82) is 0 Å². The molecule has 0 bridgehead atoms. The van der Waals surface area contributed by atoms with Gasteiger partial charge in [-0.1, -0.05) is 13.2 Å². The van der Waals surface area contributed by atoms with Crippen LogP contribution in [0.5, 0.6) is 0 Å². The van der Waals surface area contributed by atoms with Crippen LogP contribution < -0.4 is 0 Å². The molecule has 10 heteroatoms. The number of ether oxygens (including phenoxy) is 2. The zero-order valence-corrected chi connectivity index (χ0v) is 20.1. The first-order valence-electron chi connectivity index (χ1n) is 9.26. The van der Waals surface area contributed by atoms with Gasteiger partial charge in [-0.15, -0.1) is 0 Å². The Hall–Kier alpha value is -1.20. The zero-order valence-electron chi connectivity index (χ0n) is 18.3. The topological polar surface area (TPSA) is 105 Å². The highest BCUT2D eigenvalue weighted by atomic mass is 31.2. The van der Waals surface area contributed by atoms with Crippen LogP contribution in [-0.4, -0.2) is 64.0 Å². The van der Waals surface area contributed by atoms with Crippen molar-refractivity contribution in [3.8, 4) is 0 Å². The third kappa shape index (κ3) is 10.9. The van der Waals surface area contributed by atoms with Crippen LogP contribution in [0.15, 0.2) is 24.3 Å². The number of carbonyl (C=O) groups is 2. The van der Waals surface area contributed by atoms with Gasteiger partial charge in [-0.05, 0) is 41.0 Å². The molecule has 0 aliphatic carbocycles. The predicted octanol–water partition coefficient (Wildman–Crippen LogP) is 4.10. The normalized spacial score (nSPS) is 12.3. The van der Waals surface area contributed by atoms with Crippen LogP contribution in [0.2, 0.25) is 0 Å². The molecule has 0 fully saturated rings. The molecule has 0 aliphatic heterocycles. The fraction of sp³-hybridized carbons (Fsp3) is 0.684. The average Bonchev–Trinajstić information content (AvgIpc) is 2.56. The maximum Gasteiger partial charge on any atom is 0.333 e. The molecule has 0 aromatic rings. The van der Waals surface area contributed by atoms with Gasteiger partial charge in [0.2, 0.25) is 0 Å². The van der Waals surface area contributed by atoms with E-state index >= 15 is 0 Å². The summed E-state index contributed by atoms with van der Waals surface area (Å²) in [5.41, 5.74) is -0.895. The molecule has 0 amide bonds. The number of rotatable bonds is 14. The molecule has 0 aromatic heterocycles. The van der Waals surface area contributed by atoms with Crippen molar-refractivity contribution in [2.45, 2.75) is 27.7 Å². The average molecular weight is 452 g/mol. The van der Waals surface area contributed by atoms with Gasteiger partial charge in [0.1, 0.15) is 13.2 Å². The molecular weight excluding hydrogens is 418 g/mol. The summed E-state index contributed by atoms with van der Waals surface area (Å²) in [5, 5.41) is 0. The molecule has 0 aliphatic rings. The van der Waals surface area contributed by atoms with E-state index in [1.54, 1.807) is 27.2 Å². The summed E-state index contributed by atoms with van der Waals surface area (Å²) in [6.45, 7) is 16.1. The van der Waals surface area contributed by atoms with Crippen LogP contribution in [-0.2, 0) is 37.2 Å². The third-order valence-electron chi connectivity index (χ3n) is 3.61. The summed E-state index contributed by atoms with van der Waals surface area (Å²) in [7, 11) is -6.38. The maximum absolute atomic E-state index is 13.2. The van der Waals surface area contributed by atoms with E-state index in [4.69, 9.17) is 18.5 Å². The third-order valence-corrected chi connectivity index (χ3v) is 7.41. The van der Waals surface area contributed by atoms with Gasteiger partial charge < -0.3 is 23.1 Å². The molecule has 0 spiro atoms. The molecule has 168 valence electrons. The van der Waals surface area contributed by atoms with Crippen LogP contribution in [0.4, 0.5) is 0 Å². The Balaban J connectivity index is 6.08. The molecule has 0 saturated carbocycles. The van der Waals surface area contributed by atoms with Gasteiger partial charge in [-0.2, -0.15) is 0 Å². The quantitative estimate of drug-likeness (QED) is 0.220. The standard InChI is InChI=1S/C19H34O8P2/c1-9-26-29(23,27-10-2)14-19(13-28(7,8)22,11-24-17(20)15(3)4)12-25-18(21)16(5)6/h3,5,9-14H2,1-2,4,6-8H3. The molecule has 0 saturated heterocycles. The zero-order chi connectivity index (χ0) is 22.9. The van der Waals surface area contributed by atoms with E-state index in [0.29, 0.717) is 0 Å². The molecule has 8 nitrogen and oxygen atoms in total. The Morgan fingerprint density at radius 3 is 1.48 bits per heavy atom. The van der Waals surface area contributed by atoms with E-state index in [1.807, 2.05) is 0 Å². The first kappa shape index (κ1) is 27.8. The minimum Gasteiger partial charge on any atom is -0.462 e. The van der Waals surface area contributed by atoms with Crippen molar-refractivity contribution in [3.63, 3.8) is 0 Å². The van der Waals surface area contributed by atoms with Crippen molar-refractivity contribution in [1.82, 2.24) is 0 Å². The minimum atomic E-state index is -3.64. The van der Waals surface area contributed by atoms with Gasteiger partial charge in [0.25, 0.3) is 0 Å². The number of hydrogen-bond donors (Lipinski definition) is 0. The van der Waals surface area contributed by atoms with E-state index in [0.717, 1.165) is 0 Å². The lowest BCUT2D eigenvalue weighted by molar-refractivity contribution is -0.147. The largest absolute Gasteiger partial charge is 0.462 e. The fourth-order valence-corrected chi connectivity index (χ4v) is 6.94. The van der Waals surface area contributed by atoms with Crippen LogP contribution >= 0.6 is 14.7 Å². The summed E-state index contributed by atoms with van der Waals surface area (Å²) in [6.07, 6.45) is -0.239. The van der Waals surface area contributed by atoms with Crippen molar-refractivity contribution < 1.29 is 37.2 Å². The van der Waals surface area contributed by atoms with Crippen molar-refractivity contribution in [2.24, 2.45) is 5.41 Å². The van der Waals surface area contributed by atoms with Gasteiger partial charge in [0.15, 0.2) is 0 Å². The van der Waals surface area contributed by atoms with Crippen LogP contribution in [0.1, 0.15) is 27.7 Å². The van der Waals surface area contributed by atoms with E-state index in [2.05, 4.69) is 13.2 Å². The minimum absolute atomic E-state index is 0.00290. The van der Waals surface area contributed by atoms with Gasteiger partial charge in [-0.3, -0.25) is 4.57 Å². The lowest BCUT2D eigenvalue weighted by Crippen LogP contribution is -2.41. The Labute approximate surface area is 173 Å². The van der Waals surface area contributed by atoms with Crippen molar-refractivity contribution in [3.05, 3.63) is 24.3 Å². The second kappa shape index (κ2) is 11.8. The highest BCUT2D eigenvalue weighted by molar-refractivity contribution is 7.62. The molecule has 0 unspecified atom stereocenters. The highest BCUT2D eigenvalue weighted by Gasteiger charge is 2.45. The van der Waals surface area contributed by atoms with E-state index in [9.17, 15) is 18.7 Å². The molecular formula is C19H34O8P2. The monoisotopic (exact) mass is 452 g/mol. The summed E-state index contributed by atoms with van der Waals surface area (Å²) >= 11 is 0. The van der Waals surface area contributed by atoms with E-state index in [-0.39, 0.29) is 49.9 Å². The predicted molar refractivity (Wildman–Crippen MR) is 114 cm³/mol. The van der Waals surface area contributed by atoms with Gasteiger partial charge in [-0.25, -0.2) is 9.59 Å². The highest BCUT2D eigenvalue weighted by Crippen LogP contribution is 2.56. The van der Waals surface area contributed by atoms with E-state index < -0.39 is 32.1 Å². The Morgan fingerprint density at radius 2 is 1.21 bits per heavy atom. The summed E-state index contributed by atoms with van der Waals surface area (Å²) in [4.78, 5) is 23.9. The summed E-state index contributed by atoms with van der Waals surface area (Å²) in [6, 6.07) is 0. The SMILES string of the molecule is C=C(C)C(=O)OCC(COC(=O)C(=C)C)(CP(C)(C)=O)CP(=O)(OCC)OCC. The molecule has 0 aromatic carbocycles. The maximum atomic E-state index is 13.2. The molecule has 0 heterocycles. The van der Waals surface area contributed by atoms with Crippen molar-refractivity contribution >= 4 is 26.7 Å². The fourth-order valence-electron chi connectivity index (χ4n) is 2.70. The lowest BCUT2D eigenvalue weighted by atomic mass is 9.95. The summed E-state index contributed by atoms with van der Waals surface area (Å²) in [5.74, 6) is -1.32. The Bertz CT molecular complexity index is 667. The Morgan fingerprint density at radius 1 is 0.828 bits per heavy atom. The van der Waals surface area contributed by atoms with Gasteiger partial charge in [0, 0.05) is 17.3 Å².